The minimum atomic E-state index is -3.74. The highest BCUT2D eigenvalue weighted by molar-refractivity contribution is 7.89. The Kier molecular flexibility index (Phi) is 7.52. The molecule has 0 saturated heterocycles. The van der Waals surface area contributed by atoms with E-state index in [2.05, 4.69) is 10.3 Å². The van der Waals surface area contributed by atoms with E-state index in [0.29, 0.717) is 6.42 Å². The lowest BCUT2D eigenvalue weighted by Gasteiger charge is -2.28. The van der Waals surface area contributed by atoms with Crippen molar-refractivity contribution in [2.45, 2.75) is 49.8 Å². The molecule has 0 aromatic heterocycles. The Hall–Kier alpha value is -1.77. The Labute approximate surface area is 161 Å². The van der Waals surface area contributed by atoms with Crippen molar-refractivity contribution in [3.05, 3.63) is 66.2 Å². The largest absolute Gasteiger partial charge is 0.389 e. The second-order valence-corrected chi connectivity index (χ2v) is 9.03. The third-order valence-corrected chi connectivity index (χ3v) is 5.16. The maximum absolute atomic E-state index is 12.4. The molecule has 2 atom stereocenters. The average Bonchev–Trinajstić information content (AvgIpc) is 2.64. The fourth-order valence-corrected chi connectivity index (χ4v) is 3.35. The lowest BCUT2D eigenvalue weighted by molar-refractivity contribution is -0.0585. The van der Waals surface area contributed by atoms with Gasteiger partial charge in [-0.05, 0) is 44.9 Å². The van der Waals surface area contributed by atoms with Gasteiger partial charge in [0.1, 0.15) is 0 Å². The molecule has 2 rings (SSSR count). The van der Waals surface area contributed by atoms with Gasteiger partial charge in [0.05, 0.1) is 29.2 Å². The van der Waals surface area contributed by atoms with Crippen LogP contribution in [0.5, 0.6) is 0 Å². The Morgan fingerprint density at radius 3 is 2.11 bits per heavy atom. The summed E-state index contributed by atoms with van der Waals surface area (Å²) < 4.78 is 30.5. The summed E-state index contributed by atoms with van der Waals surface area (Å²) in [5, 5.41) is 10.6. The van der Waals surface area contributed by atoms with Crippen molar-refractivity contribution in [1.29, 1.82) is 0 Å². The van der Waals surface area contributed by atoms with Gasteiger partial charge >= 0.3 is 0 Å². The number of benzene rings is 2. The number of ether oxygens (including phenoxy) is 1. The van der Waals surface area contributed by atoms with Gasteiger partial charge in [0.2, 0.25) is 0 Å². The second kappa shape index (κ2) is 9.43. The van der Waals surface area contributed by atoms with Crippen LogP contribution in [-0.2, 0) is 21.2 Å². The molecule has 3 N–H and O–H groups in total. The summed E-state index contributed by atoms with van der Waals surface area (Å²) in [7, 11) is -3.74. The summed E-state index contributed by atoms with van der Waals surface area (Å²) in [6.07, 6.45) is -0.463. The minimum absolute atomic E-state index is 0.0844. The zero-order valence-corrected chi connectivity index (χ0v) is 16.7. The van der Waals surface area contributed by atoms with Crippen molar-refractivity contribution in [3.63, 3.8) is 0 Å². The number of rotatable bonds is 9. The highest BCUT2D eigenvalue weighted by Gasteiger charge is 2.24. The van der Waals surface area contributed by atoms with Crippen molar-refractivity contribution in [2.75, 3.05) is 6.61 Å². The predicted octanol–water partition coefficient (Wildman–Crippen LogP) is 2.26. The van der Waals surface area contributed by atoms with Crippen LogP contribution in [0.15, 0.2) is 65.6 Å². The van der Waals surface area contributed by atoms with Crippen LogP contribution in [0.3, 0.4) is 0 Å². The SMILES string of the molecule is CC(C)(C)OC[C@H](O)[C@H](Cc1ccccc1)NNS(=O)(=O)c1ccccc1. The van der Waals surface area contributed by atoms with Crippen LogP contribution in [-0.4, -0.2) is 37.9 Å². The fraction of sp³-hybridized carbons (Fsp3) is 0.400. The molecule has 0 heterocycles. The van der Waals surface area contributed by atoms with E-state index in [4.69, 9.17) is 4.74 Å². The molecule has 2 aromatic carbocycles. The first kappa shape index (κ1) is 21.5. The molecule has 0 aliphatic rings. The lowest BCUT2D eigenvalue weighted by atomic mass is 10.0. The molecule has 0 aliphatic carbocycles. The van der Waals surface area contributed by atoms with Crippen LogP contribution in [0.1, 0.15) is 26.3 Å². The molecular formula is C20H28N2O4S. The van der Waals surface area contributed by atoms with Gasteiger partial charge in [0.15, 0.2) is 0 Å². The monoisotopic (exact) mass is 392 g/mol. The highest BCUT2D eigenvalue weighted by atomic mass is 32.2. The maximum atomic E-state index is 12.4. The topological polar surface area (TPSA) is 87.7 Å². The summed E-state index contributed by atoms with van der Waals surface area (Å²) in [6.45, 7) is 5.79. The molecule has 7 heteroatoms. The van der Waals surface area contributed by atoms with Crippen molar-refractivity contribution >= 4 is 10.0 Å². The van der Waals surface area contributed by atoms with Crippen LogP contribution < -0.4 is 10.3 Å². The molecular weight excluding hydrogens is 364 g/mol. The van der Waals surface area contributed by atoms with Crippen LogP contribution in [0, 0.1) is 0 Å². The Bertz CT molecular complexity index is 790. The molecule has 0 spiro atoms. The standard InChI is InChI=1S/C20H28N2O4S/c1-20(2,3)26-15-19(23)18(14-16-10-6-4-7-11-16)21-22-27(24,25)17-12-8-5-9-13-17/h4-13,18-19,21-23H,14-15H2,1-3H3/t18-,19-/m0/s1. The number of aliphatic hydroxyl groups excluding tert-OH is 1. The first-order valence-electron chi connectivity index (χ1n) is 8.86. The Morgan fingerprint density at radius 2 is 1.56 bits per heavy atom. The van der Waals surface area contributed by atoms with E-state index >= 15 is 0 Å². The minimum Gasteiger partial charge on any atom is -0.389 e. The van der Waals surface area contributed by atoms with Gasteiger partial charge in [-0.3, -0.25) is 0 Å². The summed E-state index contributed by atoms with van der Waals surface area (Å²) in [4.78, 5) is 2.53. The van der Waals surface area contributed by atoms with E-state index in [1.807, 2.05) is 51.1 Å². The van der Waals surface area contributed by atoms with E-state index in [1.165, 1.54) is 12.1 Å². The fourth-order valence-electron chi connectivity index (χ4n) is 2.41. The number of hydrogen-bond donors (Lipinski definition) is 3. The van der Waals surface area contributed by atoms with Gasteiger partial charge in [-0.25, -0.2) is 13.8 Å². The summed E-state index contributed by atoms with van der Waals surface area (Å²) in [5.74, 6) is 0. The molecule has 2 aromatic rings. The number of hydrogen-bond acceptors (Lipinski definition) is 5. The third kappa shape index (κ3) is 7.40. The van der Waals surface area contributed by atoms with Gasteiger partial charge in [0.25, 0.3) is 10.0 Å². The predicted molar refractivity (Wildman–Crippen MR) is 106 cm³/mol. The van der Waals surface area contributed by atoms with E-state index in [1.54, 1.807) is 18.2 Å². The normalized spacial score (nSPS) is 14.7. The van der Waals surface area contributed by atoms with Crippen LogP contribution in [0.4, 0.5) is 0 Å². The first-order chi connectivity index (χ1) is 12.7. The second-order valence-electron chi connectivity index (χ2n) is 7.35. The number of hydrazine groups is 1. The van der Waals surface area contributed by atoms with Gasteiger partial charge in [-0.2, -0.15) is 0 Å². The average molecular weight is 393 g/mol. The molecule has 0 radical (unpaired) electrons. The van der Waals surface area contributed by atoms with Gasteiger partial charge < -0.3 is 9.84 Å². The highest BCUT2D eigenvalue weighted by Crippen LogP contribution is 2.12. The molecule has 0 amide bonds. The van der Waals surface area contributed by atoms with Crippen LogP contribution in [0.25, 0.3) is 0 Å². The Balaban J connectivity index is 2.09. The van der Waals surface area contributed by atoms with E-state index < -0.39 is 27.8 Å². The zero-order valence-electron chi connectivity index (χ0n) is 15.9. The molecule has 148 valence electrons. The number of sulfonamides is 1. The molecule has 6 nitrogen and oxygen atoms in total. The Morgan fingerprint density at radius 1 is 1.00 bits per heavy atom. The van der Waals surface area contributed by atoms with E-state index in [9.17, 15) is 13.5 Å². The first-order valence-corrected chi connectivity index (χ1v) is 10.3. The van der Waals surface area contributed by atoms with Gasteiger partial charge in [-0.15, -0.1) is 4.83 Å². The third-order valence-electron chi connectivity index (χ3n) is 3.88. The molecule has 27 heavy (non-hydrogen) atoms. The quantitative estimate of drug-likeness (QED) is 0.570. The van der Waals surface area contributed by atoms with Crippen LogP contribution in [0.2, 0.25) is 0 Å². The molecule has 0 unspecified atom stereocenters. The molecule has 0 saturated carbocycles. The molecule has 0 aliphatic heterocycles. The van der Waals surface area contributed by atoms with Gasteiger partial charge in [-0.1, -0.05) is 48.5 Å². The summed E-state index contributed by atoms with van der Waals surface area (Å²) in [5.41, 5.74) is 3.35. The lowest BCUT2D eigenvalue weighted by Crippen LogP contribution is -2.52. The van der Waals surface area contributed by atoms with Crippen LogP contribution >= 0.6 is 0 Å². The summed E-state index contributed by atoms with van der Waals surface area (Å²) in [6, 6.07) is 17.1. The van der Waals surface area contributed by atoms with E-state index in [0.717, 1.165) is 5.56 Å². The van der Waals surface area contributed by atoms with Crippen molar-refractivity contribution < 1.29 is 18.3 Å². The van der Waals surface area contributed by atoms with E-state index in [-0.39, 0.29) is 11.5 Å². The number of nitrogens with one attached hydrogen (secondary N) is 2. The molecule has 0 bridgehead atoms. The smallest absolute Gasteiger partial charge is 0.253 e. The van der Waals surface area contributed by atoms with Crippen molar-refractivity contribution in [3.8, 4) is 0 Å². The number of aliphatic hydroxyl groups is 1. The van der Waals surface area contributed by atoms with Crippen molar-refractivity contribution in [2.24, 2.45) is 0 Å². The zero-order chi connectivity index (χ0) is 19.9. The van der Waals surface area contributed by atoms with Crippen molar-refractivity contribution in [1.82, 2.24) is 10.3 Å². The van der Waals surface area contributed by atoms with Gasteiger partial charge in [0, 0.05) is 0 Å². The maximum Gasteiger partial charge on any atom is 0.253 e. The molecule has 0 fully saturated rings. The summed E-state index contributed by atoms with van der Waals surface area (Å²) >= 11 is 0.